The molecule has 1 amide bonds. The van der Waals surface area contributed by atoms with Crippen LogP contribution in [0.25, 0.3) is 0 Å². The summed E-state index contributed by atoms with van der Waals surface area (Å²) in [6.07, 6.45) is 1.07. The second-order valence-corrected chi connectivity index (χ2v) is 5.06. The topological polar surface area (TPSA) is 64.6 Å². The highest BCUT2D eigenvalue weighted by Gasteiger charge is 2.36. The molecule has 1 aromatic rings. The van der Waals surface area contributed by atoms with E-state index in [1.807, 2.05) is 26.0 Å². The van der Waals surface area contributed by atoms with Gasteiger partial charge in [0.05, 0.1) is 14.2 Å². The van der Waals surface area contributed by atoms with E-state index < -0.39 is 5.54 Å². The minimum Gasteiger partial charge on any atom is -0.497 e. The number of hydrogen-bond acceptors (Lipinski definition) is 4. The number of hydrogen-bond donors (Lipinski definition) is 1. The molecule has 0 unspecified atom stereocenters. The van der Waals surface area contributed by atoms with Crippen molar-refractivity contribution in [3.63, 3.8) is 0 Å². The van der Waals surface area contributed by atoms with Crippen LogP contribution >= 0.6 is 11.6 Å². The molecule has 1 N–H and O–H groups in total. The number of methoxy groups -OCH3 is 2. The van der Waals surface area contributed by atoms with Gasteiger partial charge in [-0.2, -0.15) is 0 Å². The van der Waals surface area contributed by atoms with Crippen LogP contribution in [-0.4, -0.2) is 31.6 Å². The third-order valence-electron chi connectivity index (χ3n) is 3.25. The zero-order valence-electron chi connectivity index (χ0n) is 13.7. The highest BCUT2D eigenvalue weighted by Crippen LogP contribution is 2.16. The largest absolute Gasteiger partial charge is 0.497 e. The Morgan fingerprint density at radius 2 is 1.64 bits per heavy atom. The number of ether oxygens (including phenoxy) is 2. The lowest BCUT2D eigenvalue weighted by atomic mass is 9.93. The molecule has 5 nitrogen and oxygen atoms in total. The minimum atomic E-state index is -0.847. The zero-order valence-corrected chi connectivity index (χ0v) is 14.5. The van der Waals surface area contributed by atoms with Crippen molar-refractivity contribution in [2.45, 2.75) is 39.2 Å². The molecule has 0 aliphatic rings. The maximum absolute atomic E-state index is 11.4. The average Bonchev–Trinajstić information content (AvgIpc) is 2.53. The number of halogens is 1. The van der Waals surface area contributed by atoms with Gasteiger partial charge < -0.3 is 14.8 Å². The Bertz CT molecular complexity index is 470. The number of esters is 1. The third-order valence-corrected chi connectivity index (χ3v) is 3.50. The molecular formula is C16H24ClNO4. The van der Waals surface area contributed by atoms with Crippen molar-refractivity contribution in [3.8, 4) is 5.75 Å². The van der Waals surface area contributed by atoms with Gasteiger partial charge in [0, 0.05) is 11.9 Å². The van der Waals surface area contributed by atoms with Gasteiger partial charge in [-0.3, -0.25) is 4.79 Å². The summed E-state index contributed by atoms with van der Waals surface area (Å²) in [5.74, 6) is 0.237. The SMILES string of the molecule is CCC(CC)(NC(C)=O)C(=O)OC.COc1ccc(Cl)cc1. The fourth-order valence-electron chi connectivity index (χ4n) is 1.87. The molecule has 22 heavy (non-hydrogen) atoms. The highest BCUT2D eigenvalue weighted by molar-refractivity contribution is 6.30. The number of nitrogens with one attached hydrogen (secondary N) is 1. The van der Waals surface area contributed by atoms with E-state index in [1.165, 1.54) is 14.0 Å². The predicted octanol–water partition coefficient (Wildman–Crippen LogP) is 3.20. The summed E-state index contributed by atoms with van der Waals surface area (Å²) >= 11 is 5.61. The van der Waals surface area contributed by atoms with Crippen molar-refractivity contribution in [2.24, 2.45) is 0 Å². The molecule has 0 saturated heterocycles. The lowest BCUT2D eigenvalue weighted by Crippen LogP contribution is -2.53. The number of carbonyl (C=O) groups excluding carboxylic acids is 2. The fourth-order valence-corrected chi connectivity index (χ4v) is 2.00. The Morgan fingerprint density at radius 1 is 1.14 bits per heavy atom. The number of carbonyl (C=O) groups is 2. The Labute approximate surface area is 136 Å². The van der Waals surface area contributed by atoms with Crippen LogP contribution in [0, 0.1) is 0 Å². The van der Waals surface area contributed by atoms with Gasteiger partial charge in [0.1, 0.15) is 11.3 Å². The molecule has 6 heteroatoms. The Morgan fingerprint density at radius 3 is 1.95 bits per heavy atom. The lowest BCUT2D eigenvalue weighted by Gasteiger charge is -2.28. The molecule has 0 aromatic heterocycles. The van der Waals surface area contributed by atoms with E-state index in [0.717, 1.165) is 10.8 Å². The summed E-state index contributed by atoms with van der Waals surface area (Å²) in [6.45, 7) is 5.08. The molecule has 0 spiro atoms. The van der Waals surface area contributed by atoms with E-state index in [-0.39, 0.29) is 11.9 Å². The van der Waals surface area contributed by atoms with Crippen LogP contribution in [0.3, 0.4) is 0 Å². The van der Waals surface area contributed by atoms with Crippen molar-refractivity contribution < 1.29 is 19.1 Å². The van der Waals surface area contributed by atoms with Crippen LogP contribution in [0.4, 0.5) is 0 Å². The second-order valence-electron chi connectivity index (χ2n) is 4.62. The summed E-state index contributed by atoms with van der Waals surface area (Å²) in [4.78, 5) is 22.3. The first-order chi connectivity index (χ1) is 10.3. The first-order valence-corrected chi connectivity index (χ1v) is 7.39. The van der Waals surface area contributed by atoms with E-state index >= 15 is 0 Å². The van der Waals surface area contributed by atoms with Gasteiger partial charge in [0.25, 0.3) is 0 Å². The van der Waals surface area contributed by atoms with Crippen LogP contribution in [-0.2, 0) is 14.3 Å². The van der Waals surface area contributed by atoms with Crippen molar-refractivity contribution >= 4 is 23.5 Å². The van der Waals surface area contributed by atoms with Gasteiger partial charge >= 0.3 is 5.97 Å². The summed E-state index contributed by atoms with van der Waals surface area (Å²) in [6, 6.07) is 7.23. The first-order valence-electron chi connectivity index (χ1n) is 7.01. The minimum absolute atomic E-state index is 0.214. The average molecular weight is 330 g/mol. The van der Waals surface area contributed by atoms with Gasteiger partial charge in [0.15, 0.2) is 0 Å². The van der Waals surface area contributed by atoms with E-state index in [0.29, 0.717) is 12.8 Å². The quantitative estimate of drug-likeness (QED) is 0.842. The molecule has 0 atom stereocenters. The number of rotatable bonds is 5. The summed E-state index contributed by atoms with van der Waals surface area (Å²) in [5.41, 5.74) is -0.847. The van der Waals surface area contributed by atoms with Crippen molar-refractivity contribution in [2.75, 3.05) is 14.2 Å². The Hall–Kier alpha value is -1.75. The summed E-state index contributed by atoms with van der Waals surface area (Å²) < 4.78 is 9.56. The highest BCUT2D eigenvalue weighted by atomic mass is 35.5. The van der Waals surface area contributed by atoms with Crippen LogP contribution in [0.15, 0.2) is 24.3 Å². The third kappa shape index (κ3) is 6.35. The summed E-state index contributed by atoms with van der Waals surface area (Å²) in [5, 5.41) is 3.36. The second kappa shape index (κ2) is 10.1. The van der Waals surface area contributed by atoms with Crippen LogP contribution in [0.2, 0.25) is 5.02 Å². The standard InChI is InChI=1S/C9H17NO3.C7H7ClO/c1-5-9(6-2,8(12)13-4)10-7(3)11;1-9-7-4-2-6(8)3-5-7/h5-6H2,1-4H3,(H,10,11);2-5H,1H3. The summed E-state index contributed by atoms with van der Waals surface area (Å²) in [7, 11) is 2.95. The molecule has 0 aliphatic heterocycles. The van der Waals surface area contributed by atoms with Crippen molar-refractivity contribution in [1.82, 2.24) is 5.32 Å². The van der Waals surface area contributed by atoms with Crippen LogP contribution < -0.4 is 10.1 Å². The van der Waals surface area contributed by atoms with Gasteiger partial charge in [-0.15, -0.1) is 0 Å². The molecule has 0 saturated carbocycles. The molecule has 0 heterocycles. The van der Waals surface area contributed by atoms with Crippen molar-refractivity contribution in [1.29, 1.82) is 0 Å². The maximum atomic E-state index is 11.4. The predicted molar refractivity (Wildman–Crippen MR) is 87.1 cm³/mol. The molecule has 1 aromatic carbocycles. The molecule has 0 aliphatic carbocycles. The fraction of sp³-hybridized carbons (Fsp3) is 0.500. The lowest BCUT2D eigenvalue weighted by molar-refractivity contribution is -0.151. The van der Waals surface area contributed by atoms with Gasteiger partial charge in [0.2, 0.25) is 5.91 Å². The van der Waals surface area contributed by atoms with Crippen LogP contribution in [0.5, 0.6) is 5.75 Å². The van der Waals surface area contributed by atoms with E-state index in [2.05, 4.69) is 10.1 Å². The normalized spacial score (nSPS) is 10.1. The first kappa shape index (κ1) is 20.2. The van der Waals surface area contributed by atoms with E-state index in [4.69, 9.17) is 16.3 Å². The number of benzene rings is 1. The van der Waals surface area contributed by atoms with Gasteiger partial charge in [-0.05, 0) is 37.1 Å². The van der Waals surface area contributed by atoms with E-state index in [9.17, 15) is 9.59 Å². The van der Waals surface area contributed by atoms with E-state index in [1.54, 1.807) is 19.2 Å². The zero-order chi connectivity index (χ0) is 17.2. The van der Waals surface area contributed by atoms with Gasteiger partial charge in [-0.1, -0.05) is 25.4 Å². The molecule has 1 rings (SSSR count). The van der Waals surface area contributed by atoms with Gasteiger partial charge in [-0.25, -0.2) is 4.79 Å². The molecule has 0 radical (unpaired) electrons. The van der Waals surface area contributed by atoms with Crippen LogP contribution in [0.1, 0.15) is 33.6 Å². The maximum Gasteiger partial charge on any atom is 0.331 e. The smallest absolute Gasteiger partial charge is 0.331 e. The molecular weight excluding hydrogens is 306 g/mol. The number of amides is 1. The molecule has 0 fully saturated rings. The molecule has 0 bridgehead atoms. The monoisotopic (exact) mass is 329 g/mol. The Balaban J connectivity index is 0.000000425. The Kier molecular flexibility index (Phi) is 9.26. The van der Waals surface area contributed by atoms with Crippen molar-refractivity contribution in [3.05, 3.63) is 29.3 Å². The molecule has 124 valence electrons.